The molecule has 2 aliphatic rings. The molecule has 2 aliphatic heterocycles. The van der Waals surface area contributed by atoms with E-state index in [0.717, 1.165) is 12.6 Å². The minimum Gasteiger partial charge on any atom is -0.392 e. The van der Waals surface area contributed by atoms with Gasteiger partial charge in [-0.2, -0.15) is 0 Å². The molecule has 0 aliphatic carbocycles. The summed E-state index contributed by atoms with van der Waals surface area (Å²) in [5.41, 5.74) is 0. The Balaban J connectivity index is 1.79. The van der Waals surface area contributed by atoms with E-state index in [9.17, 15) is 5.11 Å². The first-order valence-corrected chi connectivity index (χ1v) is 8.73. The van der Waals surface area contributed by atoms with Crippen LogP contribution in [0, 0.1) is 0 Å². The fourth-order valence-corrected chi connectivity index (χ4v) is 5.93. The van der Waals surface area contributed by atoms with Crippen LogP contribution < -0.4 is 5.32 Å². The van der Waals surface area contributed by atoms with E-state index in [1.807, 2.05) is 0 Å². The van der Waals surface area contributed by atoms with Gasteiger partial charge in [0, 0.05) is 6.04 Å². The Morgan fingerprint density at radius 2 is 2.23 bits per heavy atom. The van der Waals surface area contributed by atoms with E-state index in [1.165, 1.54) is 31.4 Å². The van der Waals surface area contributed by atoms with Gasteiger partial charge in [-0.15, -0.1) is 0 Å². The molecule has 76 valence electrons. The van der Waals surface area contributed by atoms with E-state index in [4.69, 9.17) is 0 Å². The molecule has 13 heavy (non-hydrogen) atoms. The predicted molar refractivity (Wildman–Crippen MR) is 57.7 cm³/mol. The van der Waals surface area contributed by atoms with E-state index in [2.05, 4.69) is 11.9 Å². The van der Waals surface area contributed by atoms with Crippen LogP contribution in [0.15, 0.2) is 0 Å². The lowest BCUT2D eigenvalue weighted by Gasteiger charge is -2.39. The second kappa shape index (κ2) is 3.71. The molecular formula is C10H21NOSi. The second-order valence-electron chi connectivity index (χ2n) is 5.14. The Morgan fingerprint density at radius 3 is 2.69 bits per heavy atom. The summed E-state index contributed by atoms with van der Waals surface area (Å²) in [5.74, 6) is 0. The summed E-state index contributed by atoms with van der Waals surface area (Å²) in [5, 5.41) is 13.4. The Morgan fingerprint density at radius 1 is 1.46 bits per heavy atom. The molecule has 0 radical (unpaired) electrons. The van der Waals surface area contributed by atoms with Crippen LogP contribution in [0.1, 0.15) is 19.3 Å². The SMILES string of the molecule is C[Si]1(C[C@@H](O)[C@@H]2CCCN2)CCC1. The van der Waals surface area contributed by atoms with Gasteiger partial charge < -0.3 is 10.4 Å². The molecule has 0 aromatic carbocycles. The third kappa shape index (κ3) is 2.14. The van der Waals surface area contributed by atoms with Crippen LogP contribution in [0.3, 0.4) is 0 Å². The number of nitrogens with one attached hydrogen (secondary N) is 1. The van der Waals surface area contributed by atoms with Crippen LogP contribution in [0.25, 0.3) is 0 Å². The first-order chi connectivity index (χ1) is 6.20. The largest absolute Gasteiger partial charge is 0.392 e. The summed E-state index contributed by atoms with van der Waals surface area (Å²) in [4.78, 5) is 0. The van der Waals surface area contributed by atoms with Crippen LogP contribution in [0.4, 0.5) is 0 Å². The average molecular weight is 199 g/mol. The molecule has 2 fully saturated rings. The maximum Gasteiger partial charge on any atom is 0.0670 e. The van der Waals surface area contributed by atoms with E-state index in [1.54, 1.807) is 0 Å². The van der Waals surface area contributed by atoms with E-state index < -0.39 is 8.07 Å². The predicted octanol–water partition coefficient (Wildman–Crippen LogP) is 1.58. The summed E-state index contributed by atoms with van der Waals surface area (Å²) in [6.45, 7) is 3.56. The van der Waals surface area contributed by atoms with Crippen LogP contribution in [0.2, 0.25) is 24.7 Å². The molecule has 2 heterocycles. The van der Waals surface area contributed by atoms with Crippen molar-refractivity contribution >= 4 is 8.07 Å². The highest BCUT2D eigenvalue weighted by Crippen LogP contribution is 2.37. The Labute approximate surface area is 81.7 Å². The molecule has 2 rings (SSSR count). The fraction of sp³-hybridized carbons (Fsp3) is 1.00. The van der Waals surface area contributed by atoms with Gasteiger partial charge in [-0.05, 0) is 25.4 Å². The van der Waals surface area contributed by atoms with Crippen molar-refractivity contribution < 1.29 is 5.11 Å². The molecule has 2 N–H and O–H groups in total. The maximum absolute atomic E-state index is 10.0. The summed E-state index contributed by atoms with van der Waals surface area (Å²) in [6, 6.07) is 4.48. The lowest BCUT2D eigenvalue weighted by atomic mass is 10.1. The minimum atomic E-state index is -0.917. The molecule has 3 heteroatoms. The second-order valence-corrected chi connectivity index (χ2v) is 10.2. The van der Waals surface area contributed by atoms with E-state index in [-0.39, 0.29) is 6.10 Å². The molecule has 0 unspecified atom stereocenters. The zero-order valence-corrected chi connectivity index (χ0v) is 9.55. The summed E-state index contributed by atoms with van der Waals surface area (Å²) < 4.78 is 0. The Hall–Kier alpha value is 0.137. The van der Waals surface area contributed by atoms with Gasteiger partial charge in [0.05, 0.1) is 14.2 Å². The zero-order chi connectivity index (χ0) is 9.31. The topological polar surface area (TPSA) is 32.3 Å². The van der Waals surface area contributed by atoms with E-state index >= 15 is 0 Å². The molecule has 0 amide bonds. The normalized spacial score (nSPS) is 34.2. The van der Waals surface area contributed by atoms with Crippen molar-refractivity contribution in [1.82, 2.24) is 5.32 Å². The van der Waals surface area contributed by atoms with Gasteiger partial charge in [0.25, 0.3) is 0 Å². The van der Waals surface area contributed by atoms with Gasteiger partial charge in [0.1, 0.15) is 0 Å². The van der Waals surface area contributed by atoms with Gasteiger partial charge in [-0.3, -0.25) is 0 Å². The van der Waals surface area contributed by atoms with Crippen molar-refractivity contribution in [3.8, 4) is 0 Å². The summed E-state index contributed by atoms with van der Waals surface area (Å²) >= 11 is 0. The van der Waals surface area contributed by atoms with Crippen molar-refractivity contribution in [1.29, 1.82) is 0 Å². The monoisotopic (exact) mass is 199 g/mol. The van der Waals surface area contributed by atoms with Gasteiger partial charge in [-0.1, -0.05) is 25.1 Å². The van der Waals surface area contributed by atoms with Crippen molar-refractivity contribution in [2.24, 2.45) is 0 Å². The smallest absolute Gasteiger partial charge is 0.0670 e. The maximum atomic E-state index is 10.0. The number of aliphatic hydroxyl groups is 1. The zero-order valence-electron chi connectivity index (χ0n) is 8.55. The first-order valence-electron chi connectivity index (χ1n) is 5.61. The van der Waals surface area contributed by atoms with Crippen molar-refractivity contribution in [2.45, 2.75) is 56.1 Å². The average Bonchev–Trinajstić information content (AvgIpc) is 2.53. The molecule has 0 spiro atoms. The van der Waals surface area contributed by atoms with Crippen LogP contribution >= 0.6 is 0 Å². The third-order valence-electron chi connectivity index (χ3n) is 3.83. The Kier molecular flexibility index (Phi) is 2.77. The van der Waals surface area contributed by atoms with Crippen molar-refractivity contribution in [3.63, 3.8) is 0 Å². The highest BCUT2D eigenvalue weighted by atomic mass is 28.3. The summed E-state index contributed by atoms with van der Waals surface area (Å²) in [7, 11) is -0.917. The van der Waals surface area contributed by atoms with Crippen LogP contribution in [-0.2, 0) is 0 Å². The van der Waals surface area contributed by atoms with Crippen molar-refractivity contribution in [3.05, 3.63) is 0 Å². The lowest BCUT2D eigenvalue weighted by Crippen LogP contribution is -2.46. The van der Waals surface area contributed by atoms with Gasteiger partial charge in [-0.25, -0.2) is 0 Å². The van der Waals surface area contributed by atoms with Crippen LogP contribution in [0.5, 0.6) is 0 Å². The molecule has 0 aromatic rings. The molecule has 2 nitrogen and oxygen atoms in total. The highest BCUT2D eigenvalue weighted by Gasteiger charge is 2.38. The van der Waals surface area contributed by atoms with Gasteiger partial charge >= 0.3 is 0 Å². The summed E-state index contributed by atoms with van der Waals surface area (Å²) in [6.07, 6.45) is 3.82. The fourth-order valence-electron chi connectivity index (χ4n) is 2.67. The molecule has 0 saturated carbocycles. The number of rotatable bonds is 3. The third-order valence-corrected chi connectivity index (χ3v) is 8.35. The van der Waals surface area contributed by atoms with Crippen LogP contribution in [-0.4, -0.2) is 31.9 Å². The first kappa shape index (κ1) is 9.68. The van der Waals surface area contributed by atoms with Crippen molar-refractivity contribution in [2.75, 3.05) is 6.54 Å². The molecular weight excluding hydrogens is 178 g/mol. The molecule has 2 atom stereocenters. The van der Waals surface area contributed by atoms with Gasteiger partial charge in [0.15, 0.2) is 0 Å². The van der Waals surface area contributed by atoms with Gasteiger partial charge in [0.2, 0.25) is 0 Å². The number of hydrogen-bond acceptors (Lipinski definition) is 2. The highest BCUT2D eigenvalue weighted by molar-refractivity contribution is 6.81. The Bertz CT molecular complexity index is 176. The molecule has 0 bridgehead atoms. The molecule has 0 aromatic heterocycles. The quantitative estimate of drug-likeness (QED) is 0.677. The number of aliphatic hydroxyl groups excluding tert-OH is 1. The lowest BCUT2D eigenvalue weighted by molar-refractivity contribution is 0.152. The standard InChI is InChI=1S/C10H21NOSi/c1-13(6-3-7-13)8-10(12)9-4-2-5-11-9/h9-12H,2-8H2,1H3/t9-,10+/m0/s1. The molecule has 2 saturated heterocycles. The minimum absolute atomic E-state index is 0.0422. The number of hydrogen-bond donors (Lipinski definition) is 2. The van der Waals surface area contributed by atoms with E-state index in [0.29, 0.717) is 6.04 Å².